The molecule has 1 aliphatic carbocycles. The smallest absolute Gasteiger partial charge is 0.337 e. The Morgan fingerprint density at radius 3 is 2.67 bits per heavy atom. The summed E-state index contributed by atoms with van der Waals surface area (Å²) in [4.78, 5) is 24.4. The number of fused-ring (bicyclic) bond motifs is 1. The van der Waals surface area contributed by atoms with Crippen LogP contribution in [0.15, 0.2) is 36.4 Å². The zero-order chi connectivity index (χ0) is 19.4. The van der Waals surface area contributed by atoms with Crippen molar-refractivity contribution in [2.45, 2.75) is 45.6 Å². The Kier molecular flexibility index (Phi) is 5.79. The number of hydrogen-bond donors (Lipinski definition) is 1. The molecule has 0 fully saturated rings. The van der Waals surface area contributed by atoms with Gasteiger partial charge in [-0.05, 0) is 74.4 Å². The number of methoxy groups -OCH3 is 1. The largest absolute Gasteiger partial charge is 0.481 e. The Morgan fingerprint density at radius 2 is 1.89 bits per heavy atom. The van der Waals surface area contributed by atoms with Gasteiger partial charge in [-0.3, -0.25) is 4.79 Å². The van der Waals surface area contributed by atoms with Crippen LogP contribution in [-0.4, -0.2) is 25.1 Å². The first-order valence-electron chi connectivity index (χ1n) is 9.27. The number of aryl methyl sites for hydroxylation is 2. The SMILES string of the molecule is COC(=O)c1ccc(C)c(NC(=O)C(C)Oc2cccc3c2CCCC3)c1. The maximum absolute atomic E-state index is 12.6. The number of anilines is 1. The minimum Gasteiger partial charge on any atom is -0.481 e. The summed E-state index contributed by atoms with van der Waals surface area (Å²) in [5.74, 6) is 0.0918. The topological polar surface area (TPSA) is 64.6 Å². The number of carbonyl (C=O) groups is 2. The Balaban J connectivity index is 1.73. The second-order valence-corrected chi connectivity index (χ2v) is 6.87. The van der Waals surface area contributed by atoms with Crippen LogP contribution in [0.25, 0.3) is 0 Å². The van der Waals surface area contributed by atoms with E-state index in [4.69, 9.17) is 9.47 Å². The third-order valence-corrected chi connectivity index (χ3v) is 4.94. The molecule has 0 aliphatic heterocycles. The number of rotatable bonds is 5. The third kappa shape index (κ3) is 4.30. The van der Waals surface area contributed by atoms with Gasteiger partial charge >= 0.3 is 5.97 Å². The van der Waals surface area contributed by atoms with Gasteiger partial charge in [-0.2, -0.15) is 0 Å². The van der Waals surface area contributed by atoms with Gasteiger partial charge in [-0.1, -0.05) is 18.2 Å². The van der Waals surface area contributed by atoms with Crippen molar-refractivity contribution in [1.82, 2.24) is 0 Å². The summed E-state index contributed by atoms with van der Waals surface area (Å²) in [7, 11) is 1.33. The number of carbonyl (C=O) groups excluding carboxylic acids is 2. The molecular weight excluding hydrogens is 342 g/mol. The lowest BCUT2D eigenvalue weighted by atomic mass is 9.91. The maximum Gasteiger partial charge on any atom is 0.337 e. The lowest BCUT2D eigenvalue weighted by Gasteiger charge is -2.22. The second kappa shape index (κ2) is 8.25. The summed E-state index contributed by atoms with van der Waals surface area (Å²) in [6.07, 6.45) is 3.74. The van der Waals surface area contributed by atoms with Gasteiger partial charge in [-0.25, -0.2) is 4.79 Å². The average Bonchev–Trinajstić information content (AvgIpc) is 2.69. The van der Waals surface area contributed by atoms with E-state index < -0.39 is 12.1 Å². The molecule has 1 N–H and O–H groups in total. The van der Waals surface area contributed by atoms with Crippen LogP contribution in [0.5, 0.6) is 5.75 Å². The molecular formula is C22H25NO4. The van der Waals surface area contributed by atoms with E-state index in [0.29, 0.717) is 11.3 Å². The third-order valence-electron chi connectivity index (χ3n) is 4.94. The van der Waals surface area contributed by atoms with Gasteiger partial charge in [0.15, 0.2) is 6.10 Å². The van der Waals surface area contributed by atoms with E-state index in [1.54, 1.807) is 25.1 Å². The minimum atomic E-state index is -0.653. The van der Waals surface area contributed by atoms with Crippen molar-refractivity contribution in [1.29, 1.82) is 0 Å². The molecule has 3 rings (SSSR count). The van der Waals surface area contributed by atoms with Gasteiger partial charge in [-0.15, -0.1) is 0 Å². The van der Waals surface area contributed by atoms with Gasteiger partial charge < -0.3 is 14.8 Å². The number of benzene rings is 2. The summed E-state index contributed by atoms with van der Waals surface area (Å²) in [5.41, 5.74) is 4.36. The van der Waals surface area contributed by atoms with Crippen LogP contribution in [0.4, 0.5) is 5.69 Å². The van der Waals surface area contributed by atoms with E-state index >= 15 is 0 Å². The highest BCUT2D eigenvalue weighted by atomic mass is 16.5. The van der Waals surface area contributed by atoms with Gasteiger partial charge in [0, 0.05) is 5.69 Å². The lowest BCUT2D eigenvalue weighted by Crippen LogP contribution is -2.31. The quantitative estimate of drug-likeness (QED) is 0.809. The van der Waals surface area contributed by atoms with Crippen LogP contribution in [-0.2, 0) is 22.4 Å². The average molecular weight is 367 g/mol. The van der Waals surface area contributed by atoms with E-state index in [0.717, 1.165) is 30.6 Å². The summed E-state index contributed by atoms with van der Waals surface area (Å²) >= 11 is 0. The van der Waals surface area contributed by atoms with E-state index in [9.17, 15) is 9.59 Å². The number of nitrogens with one attached hydrogen (secondary N) is 1. The lowest BCUT2D eigenvalue weighted by molar-refractivity contribution is -0.122. The summed E-state index contributed by atoms with van der Waals surface area (Å²) < 4.78 is 10.7. The van der Waals surface area contributed by atoms with E-state index in [2.05, 4.69) is 11.4 Å². The second-order valence-electron chi connectivity index (χ2n) is 6.87. The molecule has 1 atom stereocenters. The predicted molar refractivity (Wildman–Crippen MR) is 104 cm³/mol. The molecule has 5 nitrogen and oxygen atoms in total. The standard InChI is InChI=1S/C22H25NO4/c1-14-11-12-17(22(25)26-3)13-19(14)23-21(24)15(2)27-20-10-6-8-16-7-4-5-9-18(16)20/h6,8,10-13,15H,4-5,7,9H2,1-3H3,(H,23,24). The van der Waals surface area contributed by atoms with Crippen LogP contribution in [0.2, 0.25) is 0 Å². The molecule has 2 aromatic rings. The molecule has 1 unspecified atom stereocenters. The minimum absolute atomic E-state index is 0.256. The van der Waals surface area contributed by atoms with Gasteiger partial charge in [0.05, 0.1) is 12.7 Å². The van der Waals surface area contributed by atoms with Crippen LogP contribution in [0.1, 0.15) is 46.8 Å². The van der Waals surface area contributed by atoms with Gasteiger partial charge in [0.25, 0.3) is 5.91 Å². The van der Waals surface area contributed by atoms with E-state index in [1.807, 2.05) is 19.1 Å². The van der Waals surface area contributed by atoms with Gasteiger partial charge in [0.1, 0.15) is 5.75 Å². The fourth-order valence-electron chi connectivity index (χ4n) is 3.34. The predicted octanol–water partition coefficient (Wildman–Crippen LogP) is 4.07. The number of amides is 1. The van der Waals surface area contributed by atoms with Crippen LogP contribution in [0, 0.1) is 6.92 Å². The zero-order valence-corrected chi connectivity index (χ0v) is 16.0. The van der Waals surface area contributed by atoms with Crippen LogP contribution < -0.4 is 10.1 Å². The highest BCUT2D eigenvalue weighted by molar-refractivity contribution is 5.97. The van der Waals surface area contributed by atoms with Crippen molar-refractivity contribution < 1.29 is 19.1 Å². The molecule has 1 aliphatic rings. The number of esters is 1. The number of ether oxygens (including phenoxy) is 2. The summed E-state index contributed by atoms with van der Waals surface area (Å²) in [5, 5.41) is 2.86. The molecule has 27 heavy (non-hydrogen) atoms. The van der Waals surface area contributed by atoms with Crippen molar-refractivity contribution in [2.24, 2.45) is 0 Å². The molecule has 1 amide bonds. The highest BCUT2D eigenvalue weighted by Gasteiger charge is 2.20. The van der Waals surface area contributed by atoms with Crippen molar-refractivity contribution in [3.63, 3.8) is 0 Å². The zero-order valence-electron chi connectivity index (χ0n) is 16.0. The Labute approximate surface area is 159 Å². The van der Waals surface area contributed by atoms with Crippen LogP contribution >= 0.6 is 0 Å². The van der Waals surface area contributed by atoms with Crippen molar-refractivity contribution in [3.05, 3.63) is 58.7 Å². The monoisotopic (exact) mass is 367 g/mol. The summed E-state index contributed by atoms with van der Waals surface area (Å²) in [6.45, 7) is 3.60. The molecule has 0 heterocycles. The summed E-state index contributed by atoms with van der Waals surface area (Å²) in [6, 6.07) is 11.1. The number of hydrogen-bond acceptors (Lipinski definition) is 4. The molecule has 0 radical (unpaired) electrons. The first-order chi connectivity index (χ1) is 13.0. The fourth-order valence-corrected chi connectivity index (χ4v) is 3.34. The normalized spacial score (nSPS) is 14.0. The molecule has 0 saturated carbocycles. The molecule has 2 aromatic carbocycles. The molecule has 0 saturated heterocycles. The Bertz CT molecular complexity index is 859. The van der Waals surface area contributed by atoms with Gasteiger partial charge in [0.2, 0.25) is 0 Å². The molecule has 142 valence electrons. The van der Waals surface area contributed by atoms with Crippen molar-refractivity contribution in [2.75, 3.05) is 12.4 Å². The maximum atomic E-state index is 12.6. The first kappa shape index (κ1) is 19.0. The highest BCUT2D eigenvalue weighted by Crippen LogP contribution is 2.30. The molecule has 0 spiro atoms. The van der Waals surface area contributed by atoms with Crippen molar-refractivity contribution >= 4 is 17.6 Å². The van der Waals surface area contributed by atoms with Crippen molar-refractivity contribution in [3.8, 4) is 5.75 Å². The van der Waals surface area contributed by atoms with E-state index in [1.165, 1.54) is 24.7 Å². The fraction of sp³-hybridized carbons (Fsp3) is 0.364. The first-order valence-corrected chi connectivity index (χ1v) is 9.27. The van der Waals surface area contributed by atoms with E-state index in [-0.39, 0.29) is 5.91 Å². The Morgan fingerprint density at radius 1 is 1.11 bits per heavy atom. The molecule has 5 heteroatoms. The van der Waals surface area contributed by atoms with Crippen LogP contribution in [0.3, 0.4) is 0 Å². The molecule has 0 aromatic heterocycles. The Hall–Kier alpha value is -2.82. The molecule has 0 bridgehead atoms.